The first-order chi connectivity index (χ1) is 17.3. The minimum atomic E-state index is -1.11. The molecule has 3 heterocycles. The van der Waals surface area contributed by atoms with Crippen molar-refractivity contribution in [1.29, 1.82) is 0 Å². The van der Waals surface area contributed by atoms with Crippen LogP contribution >= 0.6 is 0 Å². The molecule has 2 amide bonds. The van der Waals surface area contributed by atoms with E-state index in [1.165, 1.54) is 12.1 Å². The van der Waals surface area contributed by atoms with E-state index in [0.717, 1.165) is 24.0 Å². The molecule has 5 rings (SSSR count). The molecular formula is C28H34FN5O3. The van der Waals surface area contributed by atoms with Crippen LogP contribution in [0.1, 0.15) is 69.4 Å². The zero-order valence-electron chi connectivity index (χ0n) is 22.0. The summed E-state index contributed by atoms with van der Waals surface area (Å²) in [4.78, 5) is 34.7. The number of fused-ring (bicyclic) bond motifs is 1. The minimum Gasteiger partial charge on any atom is -0.383 e. The number of hydrogen-bond acceptors (Lipinski definition) is 5. The number of aliphatic hydroxyl groups excluding tert-OH is 1. The fraction of sp³-hybridized carbons (Fsp3) is 0.500. The normalized spacial score (nSPS) is 18.8. The molecule has 9 heteroatoms. The Morgan fingerprint density at radius 2 is 1.81 bits per heavy atom. The van der Waals surface area contributed by atoms with E-state index in [0.29, 0.717) is 42.6 Å². The molecular weight excluding hydrogens is 473 g/mol. The fourth-order valence-corrected chi connectivity index (χ4v) is 4.96. The summed E-state index contributed by atoms with van der Waals surface area (Å²) in [5, 5.41) is 15.2. The summed E-state index contributed by atoms with van der Waals surface area (Å²) in [5.41, 5.74) is 2.29. The molecule has 1 N–H and O–H groups in total. The molecule has 1 atom stereocenters. The molecule has 1 aromatic carbocycles. The Morgan fingerprint density at radius 1 is 1.14 bits per heavy atom. The van der Waals surface area contributed by atoms with E-state index >= 15 is 0 Å². The van der Waals surface area contributed by atoms with Crippen molar-refractivity contribution in [2.75, 3.05) is 19.6 Å². The van der Waals surface area contributed by atoms with Crippen LogP contribution in [0.5, 0.6) is 0 Å². The fourth-order valence-electron chi connectivity index (χ4n) is 4.96. The van der Waals surface area contributed by atoms with Crippen molar-refractivity contribution in [1.82, 2.24) is 24.4 Å². The maximum Gasteiger partial charge on any atom is 0.274 e. The molecule has 2 aliphatic rings. The van der Waals surface area contributed by atoms with E-state index < -0.39 is 17.1 Å². The van der Waals surface area contributed by atoms with Crippen LogP contribution in [0.15, 0.2) is 36.5 Å². The van der Waals surface area contributed by atoms with Crippen LogP contribution < -0.4 is 0 Å². The highest BCUT2D eigenvalue weighted by molar-refractivity contribution is 5.94. The second-order valence-electron chi connectivity index (χ2n) is 12.0. The topological polar surface area (TPSA) is 91.0 Å². The Morgan fingerprint density at radius 3 is 2.41 bits per heavy atom. The van der Waals surface area contributed by atoms with Crippen molar-refractivity contribution in [2.45, 2.75) is 65.0 Å². The highest BCUT2D eigenvalue weighted by Gasteiger charge is 2.42. The molecule has 2 fully saturated rings. The van der Waals surface area contributed by atoms with Gasteiger partial charge in [0.2, 0.25) is 0 Å². The number of carbonyl (C=O) groups excluding carboxylic acids is 2. The van der Waals surface area contributed by atoms with Gasteiger partial charge < -0.3 is 14.9 Å². The molecule has 0 spiro atoms. The summed E-state index contributed by atoms with van der Waals surface area (Å²) >= 11 is 0. The standard InChI is InChI=1S/C28H34FN5O3/c1-27(2,3)23(35)26(37)32-12-13-33(28(4,5)16-32)25(36)22-15-34-24(30-22)20(17-6-7-17)14-21(31-34)18-8-10-19(29)11-9-18/h8-11,14-15,17,23,35H,6-7,12-13,16H2,1-5H3. The van der Waals surface area contributed by atoms with Crippen LogP contribution in [-0.4, -0.2) is 72.6 Å². The zero-order valence-corrected chi connectivity index (χ0v) is 22.0. The number of aliphatic hydroxyl groups is 1. The van der Waals surface area contributed by atoms with E-state index in [9.17, 15) is 19.1 Å². The van der Waals surface area contributed by atoms with Crippen LogP contribution in [0.3, 0.4) is 0 Å². The Labute approximate surface area is 216 Å². The molecule has 196 valence electrons. The first-order valence-electron chi connectivity index (χ1n) is 12.8. The molecule has 0 bridgehead atoms. The summed E-state index contributed by atoms with van der Waals surface area (Å²) in [6.07, 6.45) is 2.67. The number of nitrogens with zero attached hydrogens (tertiary/aromatic N) is 5. The van der Waals surface area contributed by atoms with Gasteiger partial charge >= 0.3 is 0 Å². The lowest BCUT2D eigenvalue weighted by Crippen LogP contribution is -2.63. The summed E-state index contributed by atoms with van der Waals surface area (Å²) in [5.74, 6) is -0.466. The number of halogens is 1. The Hall–Kier alpha value is -3.33. The number of amides is 2. The lowest BCUT2D eigenvalue weighted by atomic mass is 9.87. The summed E-state index contributed by atoms with van der Waals surface area (Å²) in [6, 6.07) is 8.21. The number of hydrogen-bond donors (Lipinski definition) is 1. The van der Waals surface area contributed by atoms with Gasteiger partial charge in [-0.1, -0.05) is 20.8 Å². The quantitative estimate of drug-likeness (QED) is 0.579. The highest BCUT2D eigenvalue weighted by atomic mass is 19.1. The molecule has 37 heavy (non-hydrogen) atoms. The molecule has 2 aromatic heterocycles. The first-order valence-corrected chi connectivity index (χ1v) is 12.8. The van der Waals surface area contributed by atoms with Gasteiger partial charge in [0.25, 0.3) is 11.8 Å². The number of aromatic nitrogens is 3. The average Bonchev–Trinajstić information content (AvgIpc) is 3.59. The van der Waals surface area contributed by atoms with Gasteiger partial charge in [-0.3, -0.25) is 9.59 Å². The number of carbonyl (C=O) groups is 2. The smallest absolute Gasteiger partial charge is 0.274 e. The molecule has 0 radical (unpaired) electrons. The molecule has 1 saturated carbocycles. The van der Waals surface area contributed by atoms with Crippen LogP contribution in [0, 0.1) is 11.2 Å². The number of imidazole rings is 1. The van der Waals surface area contributed by atoms with Crippen LogP contribution in [0.25, 0.3) is 16.9 Å². The van der Waals surface area contributed by atoms with Gasteiger partial charge in [-0.05, 0) is 68.4 Å². The van der Waals surface area contributed by atoms with Crippen molar-refractivity contribution in [3.05, 3.63) is 53.6 Å². The van der Waals surface area contributed by atoms with Gasteiger partial charge in [-0.2, -0.15) is 5.10 Å². The highest BCUT2D eigenvalue weighted by Crippen LogP contribution is 2.42. The van der Waals surface area contributed by atoms with E-state index in [2.05, 4.69) is 5.10 Å². The summed E-state index contributed by atoms with van der Waals surface area (Å²) in [6.45, 7) is 10.3. The minimum absolute atomic E-state index is 0.218. The van der Waals surface area contributed by atoms with E-state index in [-0.39, 0.29) is 17.6 Å². The molecule has 8 nitrogen and oxygen atoms in total. The summed E-state index contributed by atoms with van der Waals surface area (Å²) < 4.78 is 15.1. The van der Waals surface area contributed by atoms with Gasteiger partial charge in [0.05, 0.1) is 17.4 Å². The van der Waals surface area contributed by atoms with Crippen molar-refractivity contribution in [2.24, 2.45) is 5.41 Å². The van der Waals surface area contributed by atoms with E-state index in [1.54, 1.807) is 32.6 Å². The summed E-state index contributed by atoms with van der Waals surface area (Å²) in [7, 11) is 0. The largest absolute Gasteiger partial charge is 0.383 e. The number of piperazine rings is 1. The van der Waals surface area contributed by atoms with Gasteiger partial charge in [-0.25, -0.2) is 13.9 Å². The second kappa shape index (κ2) is 8.90. The van der Waals surface area contributed by atoms with Gasteiger partial charge in [0.1, 0.15) is 17.6 Å². The monoisotopic (exact) mass is 507 g/mol. The predicted octanol–water partition coefficient (Wildman–Crippen LogP) is 3.88. The lowest BCUT2D eigenvalue weighted by Gasteiger charge is -2.47. The van der Waals surface area contributed by atoms with Gasteiger partial charge in [0.15, 0.2) is 5.65 Å². The van der Waals surface area contributed by atoms with E-state index in [4.69, 9.17) is 4.98 Å². The Balaban J connectivity index is 1.42. The van der Waals surface area contributed by atoms with Crippen molar-refractivity contribution in [3.63, 3.8) is 0 Å². The average molecular weight is 508 g/mol. The number of rotatable bonds is 4. The van der Waals surface area contributed by atoms with Gasteiger partial charge in [0, 0.05) is 30.8 Å². The zero-order chi connectivity index (χ0) is 26.7. The maximum absolute atomic E-state index is 13.7. The van der Waals surface area contributed by atoms with Crippen molar-refractivity contribution >= 4 is 17.5 Å². The molecule has 3 aromatic rings. The van der Waals surface area contributed by atoms with Crippen molar-refractivity contribution < 1.29 is 19.1 Å². The Bertz CT molecular complexity index is 1350. The Kier molecular flexibility index (Phi) is 6.09. The number of benzene rings is 1. The third-order valence-corrected chi connectivity index (χ3v) is 7.34. The van der Waals surface area contributed by atoms with Crippen molar-refractivity contribution in [3.8, 4) is 11.3 Å². The van der Waals surface area contributed by atoms with Crippen LogP contribution in [-0.2, 0) is 4.79 Å². The predicted molar refractivity (Wildman–Crippen MR) is 138 cm³/mol. The third-order valence-electron chi connectivity index (χ3n) is 7.34. The van der Waals surface area contributed by atoms with Crippen LogP contribution in [0.2, 0.25) is 0 Å². The van der Waals surface area contributed by atoms with E-state index in [1.807, 2.05) is 40.7 Å². The third kappa shape index (κ3) is 4.84. The van der Waals surface area contributed by atoms with Gasteiger partial charge in [-0.15, -0.1) is 0 Å². The second-order valence-corrected chi connectivity index (χ2v) is 12.0. The molecule has 1 saturated heterocycles. The van der Waals surface area contributed by atoms with Crippen LogP contribution in [0.4, 0.5) is 4.39 Å². The maximum atomic E-state index is 13.7. The lowest BCUT2D eigenvalue weighted by molar-refractivity contribution is -0.149. The first kappa shape index (κ1) is 25.3. The SMILES string of the molecule is CC(C)(C)C(O)C(=O)N1CCN(C(=O)c2cn3nc(-c4ccc(F)cc4)cc(C4CC4)c3n2)C(C)(C)C1. The molecule has 1 aliphatic carbocycles. The molecule has 1 aliphatic heterocycles. The molecule has 1 unspecified atom stereocenters.